The Hall–Kier alpha value is -3.77. The number of aromatic carboxylic acids is 1. The lowest BCUT2D eigenvalue weighted by Gasteiger charge is -2.38. The van der Waals surface area contributed by atoms with Crippen LogP contribution in [0.15, 0.2) is 55.2 Å². The summed E-state index contributed by atoms with van der Waals surface area (Å²) >= 11 is 0. The molecule has 0 aliphatic rings. The van der Waals surface area contributed by atoms with Gasteiger partial charge in [0, 0.05) is 29.1 Å². The third-order valence-electron chi connectivity index (χ3n) is 7.25. The third kappa shape index (κ3) is 5.87. The largest absolute Gasteiger partial charge is 0.478 e. The molecule has 0 fully saturated rings. The van der Waals surface area contributed by atoms with Gasteiger partial charge in [-0.2, -0.15) is 18.3 Å². The second kappa shape index (κ2) is 10.7. The summed E-state index contributed by atoms with van der Waals surface area (Å²) in [5, 5.41) is 13.5. The fourth-order valence-electron chi connectivity index (χ4n) is 4.35. The molecule has 0 aliphatic heterocycles. The summed E-state index contributed by atoms with van der Waals surface area (Å²) in [6, 6.07) is 7.77. The average molecular weight is 572 g/mol. The lowest BCUT2D eigenvalue weighted by molar-refractivity contribution is -0.144. The number of nitrogens with zero attached hydrogens (tertiary/aromatic N) is 4. The molecular weight excluding hydrogens is 539 g/mol. The Kier molecular flexibility index (Phi) is 7.78. The van der Waals surface area contributed by atoms with Crippen LogP contribution >= 0.6 is 0 Å². The smallest absolute Gasteiger partial charge is 0.433 e. The van der Waals surface area contributed by atoms with Gasteiger partial charge in [-0.15, -0.1) is 0 Å². The summed E-state index contributed by atoms with van der Waals surface area (Å²) in [5.41, 5.74) is 0.889. The van der Waals surface area contributed by atoms with E-state index in [1.165, 1.54) is 30.9 Å². The summed E-state index contributed by atoms with van der Waals surface area (Å²) < 4.78 is 51.1. The number of nitrogens with one attached hydrogen (secondary N) is 1. The van der Waals surface area contributed by atoms with Crippen LogP contribution in [-0.4, -0.2) is 50.2 Å². The SMILES string of the molecule is C[C@H](Cn1ncc(-c2[nH]cc(-c3cccc(C(=O)O)c3)c2-c2ccncn2)c1C(F)(F)F)O[Si](C)(C)C(C)(C)C. The highest BCUT2D eigenvalue weighted by molar-refractivity contribution is 6.74. The molecule has 4 aromatic rings. The number of carboxylic acids is 1. The molecular formula is C28H32F3N5O3Si. The first-order valence-electron chi connectivity index (χ1n) is 12.7. The molecule has 40 heavy (non-hydrogen) atoms. The lowest BCUT2D eigenvalue weighted by Crippen LogP contribution is -2.44. The lowest BCUT2D eigenvalue weighted by atomic mass is 9.96. The number of H-pyrrole nitrogens is 1. The highest BCUT2D eigenvalue weighted by atomic mass is 28.4. The van der Waals surface area contributed by atoms with E-state index in [9.17, 15) is 23.1 Å². The van der Waals surface area contributed by atoms with Crippen molar-refractivity contribution in [2.75, 3.05) is 0 Å². The minimum atomic E-state index is -4.72. The summed E-state index contributed by atoms with van der Waals surface area (Å²) in [5.74, 6) is -1.11. The van der Waals surface area contributed by atoms with Gasteiger partial charge in [0.05, 0.1) is 35.8 Å². The van der Waals surface area contributed by atoms with E-state index in [4.69, 9.17) is 4.43 Å². The molecule has 0 aliphatic carbocycles. The van der Waals surface area contributed by atoms with Gasteiger partial charge >= 0.3 is 12.1 Å². The van der Waals surface area contributed by atoms with Crippen LogP contribution in [0.3, 0.4) is 0 Å². The first kappa shape index (κ1) is 29.2. The molecule has 0 bridgehead atoms. The van der Waals surface area contributed by atoms with Crippen LogP contribution < -0.4 is 0 Å². The quantitative estimate of drug-likeness (QED) is 0.218. The van der Waals surface area contributed by atoms with E-state index in [-0.39, 0.29) is 28.4 Å². The molecule has 0 saturated carbocycles. The van der Waals surface area contributed by atoms with Gasteiger partial charge in [-0.05, 0) is 48.8 Å². The van der Waals surface area contributed by atoms with Gasteiger partial charge in [-0.25, -0.2) is 14.8 Å². The van der Waals surface area contributed by atoms with Crippen molar-refractivity contribution in [3.8, 4) is 33.6 Å². The Morgan fingerprint density at radius 1 is 1.18 bits per heavy atom. The molecule has 1 aromatic carbocycles. The zero-order valence-electron chi connectivity index (χ0n) is 23.2. The molecule has 1 atom stereocenters. The van der Waals surface area contributed by atoms with Crippen molar-refractivity contribution < 1.29 is 27.5 Å². The molecule has 0 spiro atoms. The Morgan fingerprint density at radius 2 is 1.90 bits per heavy atom. The normalized spacial score (nSPS) is 13.4. The number of aromatic amines is 1. The topological polar surface area (TPSA) is 106 Å². The Morgan fingerprint density at radius 3 is 2.50 bits per heavy atom. The van der Waals surface area contributed by atoms with E-state index in [1.807, 2.05) is 0 Å². The number of alkyl halides is 3. The first-order chi connectivity index (χ1) is 18.6. The summed E-state index contributed by atoms with van der Waals surface area (Å²) in [6.07, 6.45) is 0.306. The van der Waals surface area contributed by atoms with E-state index in [0.717, 1.165) is 4.68 Å². The van der Waals surface area contributed by atoms with Gasteiger partial charge in [0.1, 0.15) is 6.33 Å². The van der Waals surface area contributed by atoms with Crippen LogP contribution in [-0.2, 0) is 17.1 Å². The molecule has 3 heterocycles. The van der Waals surface area contributed by atoms with Crippen LogP contribution in [0.1, 0.15) is 43.7 Å². The van der Waals surface area contributed by atoms with Gasteiger partial charge in [0.25, 0.3) is 0 Å². The van der Waals surface area contributed by atoms with Gasteiger partial charge in [-0.1, -0.05) is 32.9 Å². The summed E-state index contributed by atoms with van der Waals surface area (Å²) in [6.45, 7) is 12.0. The number of benzene rings is 1. The zero-order valence-corrected chi connectivity index (χ0v) is 24.2. The number of hydrogen-bond donors (Lipinski definition) is 2. The summed E-state index contributed by atoms with van der Waals surface area (Å²) in [4.78, 5) is 22.8. The van der Waals surface area contributed by atoms with Crippen LogP contribution in [0, 0.1) is 0 Å². The van der Waals surface area contributed by atoms with Crippen molar-refractivity contribution in [2.24, 2.45) is 0 Å². The van der Waals surface area contributed by atoms with Gasteiger partial charge in [0.2, 0.25) is 0 Å². The maximum absolute atomic E-state index is 14.6. The molecule has 0 radical (unpaired) electrons. The van der Waals surface area contributed by atoms with E-state index < -0.39 is 32.3 Å². The zero-order chi connectivity index (χ0) is 29.5. The van der Waals surface area contributed by atoms with Gasteiger partial charge in [-0.3, -0.25) is 4.68 Å². The maximum Gasteiger partial charge on any atom is 0.433 e. The molecule has 0 saturated heterocycles. The number of rotatable bonds is 8. The molecule has 0 amide bonds. The average Bonchev–Trinajstić information content (AvgIpc) is 3.48. The maximum atomic E-state index is 14.6. The molecule has 212 valence electrons. The van der Waals surface area contributed by atoms with Gasteiger partial charge in [0.15, 0.2) is 14.0 Å². The molecule has 12 heteroatoms. The number of aromatic nitrogens is 5. The van der Waals surface area contributed by atoms with Crippen molar-refractivity contribution in [3.63, 3.8) is 0 Å². The summed E-state index contributed by atoms with van der Waals surface area (Å²) in [7, 11) is -2.23. The van der Waals surface area contributed by atoms with Crippen molar-refractivity contribution in [2.45, 2.75) is 64.7 Å². The number of carboxylic acid groups (broad SMARTS) is 1. The van der Waals surface area contributed by atoms with Crippen LogP contribution in [0.4, 0.5) is 13.2 Å². The highest BCUT2D eigenvalue weighted by Gasteiger charge is 2.42. The Bertz CT molecular complexity index is 1510. The van der Waals surface area contributed by atoms with E-state index >= 15 is 0 Å². The minimum absolute atomic E-state index is 0.0495. The standard InChI is InChI=1S/C28H32F3N5O3Si/c1-17(39-40(5,6)27(2,3)4)15-36-25(28(29,30)31)21(14-35-36)24-23(22-10-11-32-16-34-22)20(13-33-24)18-8-7-9-19(12-18)26(37)38/h7-14,16-17,33H,15H2,1-6H3,(H,37,38)/t17-/m1/s1. The molecule has 8 nitrogen and oxygen atoms in total. The van der Waals surface area contributed by atoms with E-state index in [1.54, 1.807) is 31.3 Å². The molecule has 0 unspecified atom stereocenters. The van der Waals surface area contributed by atoms with Crippen molar-refractivity contribution >= 4 is 14.3 Å². The number of halogens is 3. The minimum Gasteiger partial charge on any atom is -0.478 e. The molecule has 2 N–H and O–H groups in total. The Labute approximate surface area is 231 Å². The van der Waals surface area contributed by atoms with Crippen LogP contribution in [0.2, 0.25) is 18.1 Å². The van der Waals surface area contributed by atoms with Crippen molar-refractivity contribution in [3.05, 3.63) is 66.5 Å². The van der Waals surface area contributed by atoms with Crippen LogP contribution in [0.5, 0.6) is 0 Å². The highest BCUT2D eigenvalue weighted by Crippen LogP contribution is 2.44. The third-order valence-corrected chi connectivity index (χ3v) is 11.9. The fourth-order valence-corrected chi connectivity index (χ4v) is 5.79. The molecule has 4 rings (SSSR count). The van der Waals surface area contributed by atoms with Gasteiger partial charge < -0.3 is 14.5 Å². The van der Waals surface area contributed by atoms with E-state index in [0.29, 0.717) is 22.4 Å². The number of hydrogen-bond acceptors (Lipinski definition) is 5. The van der Waals surface area contributed by atoms with Crippen molar-refractivity contribution in [1.29, 1.82) is 0 Å². The Balaban J connectivity index is 1.85. The van der Waals surface area contributed by atoms with Crippen molar-refractivity contribution in [1.82, 2.24) is 24.7 Å². The predicted octanol–water partition coefficient (Wildman–Crippen LogP) is 7.13. The van der Waals surface area contributed by atoms with Crippen LogP contribution in [0.25, 0.3) is 33.6 Å². The fraction of sp³-hybridized carbons (Fsp3) is 0.357. The molecule has 3 aromatic heterocycles. The first-order valence-corrected chi connectivity index (χ1v) is 15.6. The van der Waals surface area contributed by atoms with E-state index in [2.05, 4.69) is 53.9 Å². The predicted molar refractivity (Wildman–Crippen MR) is 148 cm³/mol. The monoisotopic (exact) mass is 571 g/mol. The second-order valence-corrected chi connectivity index (χ2v) is 16.0. The number of carbonyl (C=O) groups is 1. The second-order valence-electron chi connectivity index (χ2n) is 11.2.